The minimum Gasteiger partial charge on any atom is -0.346 e. The number of nitrogens with one attached hydrogen (secondary N) is 2. The van der Waals surface area contributed by atoms with Gasteiger partial charge >= 0.3 is 0 Å². The summed E-state index contributed by atoms with van der Waals surface area (Å²) in [5.74, 6) is -0.602. The SMILES string of the molecule is O=C(NCc1n[nH]c2ccc(Cl)cc12)c1ccnc(Cc2ccc3ncc(F)cc3c2)c1. The second kappa shape index (κ2) is 8.36. The highest BCUT2D eigenvalue weighted by Crippen LogP contribution is 2.21. The number of rotatable bonds is 5. The molecule has 8 heteroatoms. The summed E-state index contributed by atoms with van der Waals surface area (Å²) in [6.45, 7) is 0.264. The van der Waals surface area contributed by atoms with Crippen molar-refractivity contribution in [3.05, 3.63) is 100 Å². The standard InChI is InChI=1S/C24H17ClFN5O/c25-17-2-4-22-20(11-17)23(31-30-22)13-29-24(32)15-5-6-27-19(10-15)8-14-1-3-21-16(7-14)9-18(26)12-28-21/h1-7,9-12H,8,13H2,(H,29,32)(H,30,31). The molecule has 0 unspecified atom stereocenters. The van der Waals surface area contributed by atoms with Crippen LogP contribution in [0.1, 0.15) is 27.3 Å². The lowest BCUT2D eigenvalue weighted by molar-refractivity contribution is 0.0950. The molecule has 2 aromatic carbocycles. The van der Waals surface area contributed by atoms with E-state index in [1.54, 1.807) is 24.4 Å². The quantitative estimate of drug-likeness (QED) is 0.406. The largest absolute Gasteiger partial charge is 0.346 e. The van der Waals surface area contributed by atoms with Crippen molar-refractivity contribution in [3.8, 4) is 0 Å². The smallest absolute Gasteiger partial charge is 0.251 e. The first kappa shape index (κ1) is 20.1. The molecule has 0 aliphatic carbocycles. The Morgan fingerprint density at radius 2 is 1.97 bits per heavy atom. The van der Waals surface area contributed by atoms with Crippen LogP contribution in [0.5, 0.6) is 0 Å². The van der Waals surface area contributed by atoms with Crippen molar-refractivity contribution in [2.75, 3.05) is 0 Å². The van der Waals surface area contributed by atoms with Crippen LogP contribution in [0.4, 0.5) is 4.39 Å². The summed E-state index contributed by atoms with van der Waals surface area (Å²) < 4.78 is 13.5. The van der Waals surface area contributed by atoms with Crippen LogP contribution in [0.25, 0.3) is 21.8 Å². The summed E-state index contributed by atoms with van der Waals surface area (Å²) >= 11 is 6.07. The van der Waals surface area contributed by atoms with E-state index >= 15 is 0 Å². The van der Waals surface area contributed by atoms with Gasteiger partial charge in [0, 0.05) is 39.7 Å². The topological polar surface area (TPSA) is 83.6 Å². The number of hydrogen-bond donors (Lipinski definition) is 2. The zero-order valence-electron chi connectivity index (χ0n) is 16.8. The number of pyridine rings is 2. The van der Waals surface area contributed by atoms with Crippen LogP contribution in [-0.4, -0.2) is 26.1 Å². The van der Waals surface area contributed by atoms with Gasteiger partial charge in [0.25, 0.3) is 5.91 Å². The van der Waals surface area contributed by atoms with Crippen molar-refractivity contribution >= 4 is 39.3 Å². The second-order valence-electron chi connectivity index (χ2n) is 7.44. The molecule has 3 heterocycles. The summed E-state index contributed by atoms with van der Waals surface area (Å²) in [5, 5.41) is 12.3. The van der Waals surface area contributed by atoms with Crippen LogP contribution in [0.2, 0.25) is 5.02 Å². The molecule has 3 aromatic heterocycles. The number of hydrogen-bond acceptors (Lipinski definition) is 4. The van der Waals surface area contributed by atoms with Crippen LogP contribution < -0.4 is 5.32 Å². The number of halogens is 2. The van der Waals surface area contributed by atoms with Gasteiger partial charge in [-0.2, -0.15) is 5.10 Å². The average molecular weight is 446 g/mol. The van der Waals surface area contributed by atoms with Gasteiger partial charge in [0.1, 0.15) is 5.82 Å². The molecule has 0 saturated heterocycles. The maximum atomic E-state index is 13.5. The van der Waals surface area contributed by atoms with Crippen LogP contribution in [-0.2, 0) is 13.0 Å². The maximum Gasteiger partial charge on any atom is 0.251 e. The molecule has 5 aromatic rings. The Labute approximate surface area is 187 Å². The van der Waals surface area contributed by atoms with Gasteiger partial charge in [-0.1, -0.05) is 17.7 Å². The van der Waals surface area contributed by atoms with E-state index in [0.717, 1.165) is 33.1 Å². The molecule has 5 rings (SSSR count). The zero-order valence-corrected chi connectivity index (χ0v) is 17.5. The number of carbonyl (C=O) groups excluding carboxylic acids is 1. The van der Waals surface area contributed by atoms with Gasteiger partial charge in [-0.05, 0) is 54.1 Å². The Morgan fingerprint density at radius 1 is 1.06 bits per heavy atom. The van der Waals surface area contributed by atoms with Crippen molar-refractivity contribution in [3.63, 3.8) is 0 Å². The van der Waals surface area contributed by atoms with Crippen molar-refractivity contribution in [2.24, 2.45) is 0 Å². The van der Waals surface area contributed by atoms with Gasteiger partial charge in [0.15, 0.2) is 0 Å². The number of aromatic nitrogens is 4. The van der Waals surface area contributed by atoms with Gasteiger partial charge in [0.05, 0.1) is 29.5 Å². The molecule has 32 heavy (non-hydrogen) atoms. The Bertz CT molecular complexity index is 1470. The molecule has 2 N–H and O–H groups in total. The van der Waals surface area contributed by atoms with E-state index in [1.165, 1.54) is 12.3 Å². The van der Waals surface area contributed by atoms with Gasteiger partial charge in [-0.15, -0.1) is 0 Å². The summed E-state index contributed by atoms with van der Waals surface area (Å²) in [6.07, 6.45) is 3.32. The first-order valence-electron chi connectivity index (χ1n) is 9.95. The van der Waals surface area contributed by atoms with E-state index in [9.17, 15) is 9.18 Å². The number of amides is 1. The molecule has 0 aliphatic heterocycles. The van der Waals surface area contributed by atoms with Crippen LogP contribution in [0.3, 0.4) is 0 Å². The lowest BCUT2D eigenvalue weighted by atomic mass is 10.0. The van der Waals surface area contributed by atoms with Crippen molar-refractivity contribution in [1.29, 1.82) is 0 Å². The first-order chi connectivity index (χ1) is 15.5. The van der Waals surface area contributed by atoms with Gasteiger partial charge in [0.2, 0.25) is 0 Å². The molecule has 0 saturated carbocycles. The lowest BCUT2D eigenvalue weighted by Gasteiger charge is -2.07. The average Bonchev–Trinajstić information content (AvgIpc) is 3.19. The molecule has 1 amide bonds. The third kappa shape index (κ3) is 4.15. The molecular formula is C24H17ClFN5O. The number of carbonyl (C=O) groups is 1. The number of fused-ring (bicyclic) bond motifs is 2. The number of nitrogens with zero attached hydrogens (tertiary/aromatic N) is 3. The van der Waals surface area contributed by atoms with E-state index < -0.39 is 0 Å². The Balaban J connectivity index is 1.31. The van der Waals surface area contributed by atoms with Crippen LogP contribution in [0, 0.1) is 5.82 Å². The third-order valence-corrected chi connectivity index (χ3v) is 5.43. The van der Waals surface area contributed by atoms with E-state index in [4.69, 9.17) is 11.6 Å². The molecule has 6 nitrogen and oxygen atoms in total. The predicted molar refractivity (Wildman–Crippen MR) is 121 cm³/mol. The number of H-pyrrole nitrogens is 1. The minimum absolute atomic E-state index is 0.225. The van der Waals surface area contributed by atoms with Gasteiger partial charge in [-0.3, -0.25) is 19.9 Å². The fourth-order valence-electron chi connectivity index (χ4n) is 3.63. The predicted octanol–water partition coefficient (Wildman–Crippen LogP) is 4.82. The Kier molecular flexibility index (Phi) is 5.25. The minimum atomic E-state index is -0.376. The highest BCUT2D eigenvalue weighted by atomic mass is 35.5. The highest BCUT2D eigenvalue weighted by molar-refractivity contribution is 6.31. The Morgan fingerprint density at radius 3 is 2.88 bits per heavy atom. The molecule has 0 spiro atoms. The Hall–Kier alpha value is -3.84. The molecule has 0 bridgehead atoms. The summed E-state index contributed by atoms with van der Waals surface area (Å²) in [7, 11) is 0. The van der Waals surface area contributed by atoms with E-state index in [0.29, 0.717) is 22.7 Å². The van der Waals surface area contributed by atoms with Crippen molar-refractivity contribution in [1.82, 2.24) is 25.5 Å². The van der Waals surface area contributed by atoms with Crippen molar-refractivity contribution in [2.45, 2.75) is 13.0 Å². The third-order valence-electron chi connectivity index (χ3n) is 5.20. The fraction of sp³-hybridized carbons (Fsp3) is 0.0833. The van der Waals surface area contributed by atoms with E-state index in [1.807, 2.05) is 30.3 Å². The maximum absolute atomic E-state index is 13.5. The normalized spacial score (nSPS) is 11.2. The molecular weight excluding hydrogens is 429 g/mol. The van der Waals surface area contributed by atoms with E-state index in [-0.39, 0.29) is 18.3 Å². The molecule has 0 aliphatic rings. The highest BCUT2D eigenvalue weighted by Gasteiger charge is 2.11. The monoisotopic (exact) mass is 445 g/mol. The first-order valence-corrected chi connectivity index (χ1v) is 10.3. The summed E-state index contributed by atoms with van der Waals surface area (Å²) in [5.41, 5.74) is 4.48. The molecule has 158 valence electrons. The number of benzene rings is 2. The fourth-order valence-corrected chi connectivity index (χ4v) is 3.80. The summed E-state index contributed by atoms with van der Waals surface area (Å²) in [4.78, 5) is 21.2. The van der Waals surface area contributed by atoms with E-state index in [2.05, 4.69) is 25.5 Å². The zero-order chi connectivity index (χ0) is 22.1. The summed E-state index contributed by atoms with van der Waals surface area (Å²) in [6, 6.07) is 16.0. The lowest BCUT2D eigenvalue weighted by Crippen LogP contribution is -2.23. The second-order valence-corrected chi connectivity index (χ2v) is 7.87. The van der Waals surface area contributed by atoms with Crippen LogP contribution >= 0.6 is 11.6 Å². The molecule has 0 atom stereocenters. The number of aromatic amines is 1. The molecule has 0 fully saturated rings. The molecule has 0 radical (unpaired) electrons. The van der Waals surface area contributed by atoms with Crippen LogP contribution in [0.15, 0.2) is 67.0 Å². The van der Waals surface area contributed by atoms with Gasteiger partial charge in [-0.25, -0.2) is 4.39 Å². The van der Waals surface area contributed by atoms with Crippen molar-refractivity contribution < 1.29 is 9.18 Å². The van der Waals surface area contributed by atoms with Gasteiger partial charge < -0.3 is 5.32 Å².